The molecule has 0 radical (unpaired) electrons. The molecule has 38 heavy (non-hydrogen) atoms. The molecule has 2 aromatic heterocycles. The molecule has 1 amide bonds. The summed E-state index contributed by atoms with van der Waals surface area (Å²) < 4.78 is 34.9. The fourth-order valence-corrected chi connectivity index (χ4v) is 6.64. The van der Waals surface area contributed by atoms with Crippen molar-refractivity contribution in [1.29, 1.82) is 0 Å². The number of amides is 1. The number of hydrogen-bond acceptors (Lipinski definition) is 8. The summed E-state index contributed by atoms with van der Waals surface area (Å²) in [5, 5.41) is 8.32. The molecular weight excluding hydrogens is 504 g/mol. The van der Waals surface area contributed by atoms with Crippen LogP contribution >= 0.6 is 0 Å². The van der Waals surface area contributed by atoms with E-state index in [9.17, 15) is 13.2 Å². The summed E-state index contributed by atoms with van der Waals surface area (Å²) in [4.78, 5) is 20.0. The van der Waals surface area contributed by atoms with Crippen LogP contribution in [0.4, 0.5) is 5.69 Å². The van der Waals surface area contributed by atoms with Gasteiger partial charge in [0.15, 0.2) is 11.6 Å². The molecule has 0 atom stereocenters. The van der Waals surface area contributed by atoms with Gasteiger partial charge >= 0.3 is 0 Å². The molecule has 1 aromatic carbocycles. The van der Waals surface area contributed by atoms with E-state index in [-0.39, 0.29) is 23.3 Å². The Balaban J connectivity index is 1.13. The summed E-state index contributed by atoms with van der Waals surface area (Å²) in [6, 6.07) is 9.82. The molecule has 0 bridgehead atoms. The highest BCUT2D eigenvalue weighted by molar-refractivity contribution is 7.91. The van der Waals surface area contributed by atoms with E-state index in [1.54, 1.807) is 0 Å². The Morgan fingerprint density at radius 1 is 0.921 bits per heavy atom. The van der Waals surface area contributed by atoms with Crippen LogP contribution in [-0.4, -0.2) is 47.7 Å². The van der Waals surface area contributed by atoms with Crippen molar-refractivity contribution >= 4 is 21.4 Å². The zero-order valence-corrected chi connectivity index (χ0v) is 22.4. The van der Waals surface area contributed by atoms with Crippen molar-refractivity contribution in [2.75, 3.05) is 23.0 Å². The largest absolute Gasteiger partial charge is 0.356 e. The van der Waals surface area contributed by atoms with Gasteiger partial charge in [0, 0.05) is 48.0 Å². The van der Waals surface area contributed by atoms with Crippen LogP contribution in [0.25, 0.3) is 11.3 Å². The zero-order valence-electron chi connectivity index (χ0n) is 21.5. The van der Waals surface area contributed by atoms with Gasteiger partial charge in [-0.1, -0.05) is 28.9 Å². The number of carbonyl (C=O) groups excluding carboxylic acids is 1. The van der Waals surface area contributed by atoms with E-state index < -0.39 is 9.84 Å². The van der Waals surface area contributed by atoms with Crippen LogP contribution in [0.15, 0.2) is 39.4 Å². The molecule has 6 rings (SSSR count). The lowest BCUT2D eigenvalue weighted by Gasteiger charge is -2.29. The highest BCUT2D eigenvalue weighted by Gasteiger charge is 2.32. The third-order valence-corrected chi connectivity index (χ3v) is 9.55. The van der Waals surface area contributed by atoms with Crippen LogP contribution in [0, 0.1) is 5.92 Å². The minimum atomic E-state index is -3.04. The molecule has 2 aliphatic carbocycles. The van der Waals surface area contributed by atoms with Crippen LogP contribution in [0.3, 0.4) is 0 Å². The second-order valence-corrected chi connectivity index (χ2v) is 13.3. The van der Waals surface area contributed by atoms with Crippen molar-refractivity contribution in [3.05, 3.63) is 47.7 Å². The van der Waals surface area contributed by atoms with E-state index in [4.69, 9.17) is 9.05 Å². The van der Waals surface area contributed by atoms with Gasteiger partial charge < -0.3 is 13.9 Å². The van der Waals surface area contributed by atoms with E-state index >= 15 is 0 Å². The highest BCUT2D eigenvalue weighted by atomic mass is 32.2. The molecule has 9 nitrogen and oxygen atoms in total. The summed E-state index contributed by atoms with van der Waals surface area (Å²) >= 11 is 0. The summed E-state index contributed by atoms with van der Waals surface area (Å²) in [5.74, 6) is 3.08. The third kappa shape index (κ3) is 6.00. The highest BCUT2D eigenvalue weighted by Crippen LogP contribution is 2.41. The first-order valence-corrected chi connectivity index (χ1v) is 15.7. The Morgan fingerprint density at radius 2 is 1.71 bits per heavy atom. The van der Waals surface area contributed by atoms with Gasteiger partial charge in [0.25, 0.3) is 0 Å². The van der Waals surface area contributed by atoms with Crippen molar-refractivity contribution in [2.45, 2.75) is 76.0 Å². The van der Waals surface area contributed by atoms with Gasteiger partial charge in [-0.3, -0.25) is 4.79 Å². The van der Waals surface area contributed by atoms with E-state index in [0.717, 1.165) is 74.1 Å². The Labute approximate surface area is 222 Å². The second kappa shape index (κ2) is 10.6. The minimum Gasteiger partial charge on any atom is -0.356 e. The maximum absolute atomic E-state index is 13.7. The number of nitrogens with zero attached hydrogens (tertiary/aromatic N) is 4. The quantitative estimate of drug-likeness (QED) is 0.311. The molecule has 1 aliphatic heterocycles. The fourth-order valence-electron chi connectivity index (χ4n) is 5.15. The summed E-state index contributed by atoms with van der Waals surface area (Å²) in [6.07, 6.45) is 8.73. The summed E-state index contributed by atoms with van der Waals surface area (Å²) in [7, 11) is -3.04. The van der Waals surface area contributed by atoms with Gasteiger partial charge in [-0.25, -0.2) is 8.42 Å². The number of aromatic nitrogens is 3. The lowest BCUT2D eigenvalue weighted by Crippen LogP contribution is -2.40. The average molecular weight is 539 g/mol. The van der Waals surface area contributed by atoms with E-state index in [0.29, 0.717) is 42.9 Å². The molecule has 3 aromatic rings. The SMILES string of the molecule is O=C(C1CCS(=O)(=O)CC1)N(CCCCCc1nc(C2CC2)no1)c1cccc(-c2cc(C3CC3)no2)c1. The maximum Gasteiger partial charge on any atom is 0.230 e. The van der Waals surface area contributed by atoms with Crippen LogP contribution < -0.4 is 4.90 Å². The second-order valence-electron chi connectivity index (χ2n) is 11.0. The Bertz CT molecular complexity index is 1380. The zero-order chi connectivity index (χ0) is 26.1. The fraction of sp³-hybridized carbons (Fsp3) is 0.571. The predicted molar refractivity (Wildman–Crippen MR) is 141 cm³/mol. The number of sulfone groups is 1. The van der Waals surface area contributed by atoms with Crippen molar-refractivity contribution in [2.24, 2.45) is 5.92 Å². The molecule has 0 unspecified atom stereocenters. The topological polar surface area (TPSA) is 119 Å². The number of aryl methyl sites for hydroxylation is 1. The molecule has 3 aliphatic rings. The third-order valence-electron chi connectivity index (χ3n) is 7.83. The van der Waals surface area contributed by atoms with E-state index in [2.05, 4.69) is 15.3 Å². The summed E-state index contributed by atoms with van der Waals surface area (Å²) in [6.45, 7) is 0.562. The normalized spacial score (nSPS) is 19.5. The number of hydrogen-bond donors (Lipinski definition) is 0. The minimum absolute atomic E-state index is 0.000680. The number of benzene rings is 1. The monoisotopic (exact) mass is 538 g/mol. The van der Waals surface area contributed by atoms with Crippen LogP contribution in [0.2, 0.25) is 0 Å². The first kappa shape index (κ1) is 25.3. The molecule has 2 saturated carbocycles. The lowest BCUT2D eigenvalue weighted by molar-refractivity contribution is -0.122. The first-order valence-electron chi connectivity index (χ1n) is 13.9. The molecule has 202 valence electrons. The van der Waals surface area contributed by atoms with Crippen molar-refractivity contribution in [1.82, 2.24) is 15.3 Å². The molecule has 10 heteroatoms. The van der Waals surface area contributed by atoms with Crippen molar-refractivity contribution < 1.29 is 22.3 Å². The number of rotatable bonds is 11. The lowest BCUT2D eigenvalue weighted by atomic mass is 10.00. The number of unbranched alkanes of at least 4 members (excludes halogenated alkanes) is 2. The van der Waals surface area contributed by atoms with Gasteiger partial charge in [-0.05, 0) is 63.5 Å². The summed E-state index contributed by atoms with van der Waals surface area (Å²) in [5.41, 5.74) is 2.68. The van der Waals surface area contributed by atoms with Crippen LogP contribution in [0.5, 0.6) is 0 Å². The molecule has 0 N–H and O–H groups in total. The van der Waals surface area contributed by atoms with Gasteiger partial charge in [-0.2, -0.15) is 4.98 Å². The Hall–Kier alpha value is -3.01. The predicted octanol–water partition coefficient (Wildman–Crippen LogP) is 5.05. The molecule has 3 fully saturated rings. The van der Waals surface area contributed by atoms with Crippen LogP contribution in [-0.2, 0) is 21.1 Å². The number of carbonyl (C=O) groups is 1. The van der Waals surface area contributed by atoms with E-state index in [1.165, 1.54) is 0 Å². The molecule has 3 heterocycles. The van der Waals surface area contributed by atoms with Gasteiger partial charge in [-0.15, -0.1) is 0 Å². The Morgan fingerprint density at radius 3 is 2.47 bits per heavy atom. The smallest absolute Gasteiger partial charge is 0.230 e. The molecular formula is C28H34N4O5S. The number of anilines is 1. The van der Waals surface area contributed by atoms with Crippen molar-refractivity contribution in [3.8, 4) is 11.3 Å². The standard InChI is InChI=1S/C28H34N4O5S/c33-28(21-12-15-38(34,35)16-13-21)32(14-3-1-2-7-26-29-27(31-37-26)20-10-11-20)23-6-4-5-22(17-23)25-18-24(30-36-25)19-8-9-19/h4-6,17-21H,1-3,7-16H2. The van der Waals surface area contributed by atoms with Crippen molar-refractivity contribution in [3.63, 3.8) is 0 Å². The van der Waals surface area contributed by atoms with Crippen LogP contribution in [0.1, 0.15) is 87.0 Å². The van der Waals surface area contributed by atoms with E-state index in [1.807, 2.05) is 35.2 Å². The average Bonchev–Trinajstić information content (AvgIpc) is 3.85. The van der Waals surface area contributed by atoms with Gasteiger partial charge in [0.1, 0.15) is 9.84 Å². The maximum atomic E-state index is 13.7. The Kier molecular flexibility index (Phi) is 7.07. The van der Waals surface area contributed by atoms with Gasteiger partial charge in [0.2, 0.25) is 11.8 Å². The van der Waals surface area contributed by atoms with Gasteiger partial charge in [0.05, 0.1) is 17.2 Å². The first-order chi connectivity index (χ1) is 18.4. The molecule has 1 saturated heterocycles. The molecule has 0 spiro atoms.